The molecule has 2 N–H and O–H groups in total. The second-order valence-corrected chi connectivity index (χ2v) is 4.90. The molecule has 1 aromatic carbocycles. The van der Waals surface area contributed by atoms with Crippen LogP contribution in [0.4, 0.5) is 17.1 Å². The van der Waals surface area contributed by atoms with Gasteiger partial charge in [0.2, 0.25) is 0 Å². The highest BCUT2D eigenvalue weighted by Crippen LogP contribution is 2.27. The first-order valence-electron chi connectivity index (χ1n) is 6.32. The number of nitrogen functional groups attached to an aromatic ring is 1. The van der Waals surface area contributed by atoms with E-state index in [4.69, 9.17) is 5.73 Å². The maximum absolute atomic E-state index is 10.8. The van der Waals surface area contributed by atoms with Crippen molar-refractivity contribution in [2.75, 3.05) is 37.8 Å². The molecule has 0 bridgehead atoms. The molecule has 0 aliphatic heterocycles. The Labute approximate surface area is 113 Å². The van der Waals surface area contributed by atoms with Gasteiger partial charge in [-0.1, -0.05) is 0 Å². The average molecular weight is 266 g/mol. The minimum Gasteiger partial charge on any atom is -0.393 e. The standard InChI is InChI=1S/C13H22N4O2/c1-5-16(10(2)9-15(3)4)11-6-7-13(17(18)19)12(14)8-11/h6-8,10H,5,9,14H2,1-4H3. The summed E-state index contributed by atoms with van der Waals surface area (Å²) in [5.41, 5.74) is 6.82. The molecule has 0 aliphatic carbocycles. The molecule has 0 radical (unpaired) electrons. The molecule has 0 saturated carbocycles. The summed E-state index contributed by atoms with van der Waals surface area (Å²) in [5, 5.41) is 10.8. The Morgan fingerprint density at radius 3 is 2.47 bits per heavy atom. The molecule has 1 atom stereocenters. The molecule has 0 spiro atoms. The molecule has 6 heteroatoms. The van der Waals surface area contributed by atoms with Crippen LogP contribution in [0, 0.1) is 10.1 Å². The molecule has 1 unspecified atom stereocenters. The highest BCUT2D eigenvalue weighted by Gasteiger charge is 2.17. The van der Waals surface area contributed by atoms with E-state index >= 15 is 0 Å². The summed E-state index contributed by atoms with van der Waals surface area (Å²) in [5.74, 6) is 0. The summed E-state index contributed by atoms with van der Waals surface area (Å²) < 4.78 is 0. The van der Waals surface area contributed by atoms with Crippen LogP contribution in [0.1, 0.15) is 13.8 Å². The summed E-state index contributed by atoms with van der Waals surface area (Å²) in [6.45, 7) is 5.92. The van der Waals surface area contributed by atoms with E-state index < -0.39 is 4.92 Å². The first-order chi connectivity index (χ1) is 8.86. The Morgan fingerprint density at radius 2 is 2.05 bits per heavy atom. The van der Waals surface area contributed by atoms with Gasteiger partial charge in [-0.15, -0.1) is 0 Å². The highest BCUT2D eigenvalue weighted by atomic mass is 16.6. The van der Waals surface area contributed by atoms with Crippen LogP contribution in [0.3, 0.4) is 0 Å². The van der Waals surface area contributed by atoms with Gasteiger partial charge in [-0.2, -0.15) is 0 Å². The van der Waals surface area contributed by atoms with Crippen molar-refractivity contribution >= 4 is 17.1 Å². The molecular weight excluding hydrogens is 244 g/mol. The molecule has 106 valence electrons. The van der Waals surface area contributed by atoms with Crippen LogP contribution in [-0.2, 0) is 0 Å². The lowest BCUT2D eigenvalue weighted by Crippen LogP contribution is -2.40. The topological polar surface area (TPSA) is 75.6 Å². The first kappa shape index (κ1) is 15.2. The van der Waals surface area contributed by atoms with Gasteiger partial charge >= 0.3 is 0 Å². The number of nitrogens with two attached hydrogens (primary N) is 1. The molecule has 0 heterocycles. The Bertz CT molecular complexity index is 448. The van der Waals surface area contributed by atoms with E-state index in [-0.39, 0.29) is 11.4 Å². The summed E-state index contributed by atoms with van der Waals surface area (Å²) in [4.78, 5) is 14.6. The molecule has 0 saturated heterocycles. The third-order valence-corrected chi connectivity index (χ3v) is 3.04. The van der Waals surface area contributed by atoms with Gasteiger partial charge in [0, 0.05) is 30.9 Å². The fourth-order valence-corrected chi connectivity index (χ4v) is 2.26. The fourth-order valence-electron chi connectivity index (χ4n) is 2.26. The third-order valence-electron chi connectivity index (χ3n) is 3.04. The quantitative estimate of drug-likeness (QED) is 0.484. The largest absolute Gasteiger partial charge is 0.393 e. The van der Waals surface area contributed by atoms with Gasteiger partial charge in [0.15, 0.2) is 0 Å². The van der Waals surface area contributed by atoms with Crippen molar-refractivity contribution < 1.29 is 4.92 Å². The van der Waals surface area contributed by atoms with Crippen molar-refractivity contribution in [3.63, 3.8) is 0 Å². The average Bonchev–Trinajstić information content (AvgIpc) is 2.28. The van der Waals surface area contributed by atoms with Crippen LogP contribution in [0.5, 0.6) is 0 Å². The minimum atomic E-state index is -0.460. The zero-order valence-electron chi connectivity index (χ0n) is 12.0. The predicted molar refractivity (Wildman–Crippen MR) is 78.5 cm³/mol. The van der Waals surface area contributed by atoms with Gasteiger partial charge in [-0.3, -0.25) is 10.1 Å². The first-order valence-corrected chi connectivity index (χ1v) is 6.32. The van der Waals surface area contributed by atoms with E-state index in [9.17, 15) is 10.1 Å². The van der Waals surface area contributed by atoms with Crippen LogP contribution in [-0.4, -0.2) is 43.0 Å². The van der Waals surface area contributed by atoms with Crippen molar-refractivity contribution in [3.8, 4) is 0 Å². The number of nitro groups is 1. The van der Waals surface area contributed by atoms with Crippen LogP contribution >= 0.6 is 0 Å². The normalized spacial score (nSPS) is 12.5. The number of hydrogen-bond donors (Lipinski definition) is 1. The van der Waals surface area contributed by atoms with Crippen molar-refractivity contribution in [1.29, 1.82) is 0 Å². The Hall–Kier alpha value is -1.82. The number of rotatable bonds is 6. The van der Waals surface area contributed by atoms with Crippen LogP contribution in [0.25, 0.3) is 0 Å². The molecule has 0 fully saturated rings. The van der Waals surface area contributed by atoms with Gasteiger partial charge in [0.05, 0.1) is 4.92 Å². The molecule has 1 aromatic rings. The zero-order valence-corrected chi connectivity index (χ0v) is 12.0. The van der Waals surface area contributed by atoms with Crippen molar-refractivity contribution in [1.82, 2.24) is 4.90 Å². The summed E-state index contributed by atoms with van der Waals surface area (Å²) >= 11 is 0. The van der Waals surface area contributed by atoms with Crippen molar-refractivity contribution in [2.45, 2.75) is 19.9 Å². The van der Waals surface area contributed by atoms with Crippen LogP contribution < -0.4 is 10.6 Å². The number of likely N-dealkylation sites (N-methyl/N-ethyl adjacent to an activating group) is 2. The lowest BCUT2D eigenvalue weighted by molar-refractivity contribution is -0.383. The Balaban J connectivity index is 2.99. The minimum absolute atomic E-state index is 0.0416. The van der Waals surface area contributed by atoms with Gasteiger partial charge in [-0.05, 0) is 40.1 Å². The Kier molecular flexibility index (Phi) is 5.11. The molecule has 0 aromatic heterocycles. The maximum Gasteiger partial charge on any atom is 0.292 e. The van der Waals surface area contributed by atoms with E-state index in [0.717, 1.165) is 18.8 Å². The Morgan fingerprint density at radius 1 is 1.42 bits per heavy atom. The maximum atomic E-state index is 10.8. The van der Waals surface area contributed by atoms with Gasteiger partial charge in [-0.25, -0.2) is 0 Å². The van der Waals surface area contributed by atoms with Gasteiger partial charge < -0.3 is 15.5 Å². The zero-order chi connectivity index (χ0) is 14.6. The van der Waals surface area contributed by atoms with E-state index in [1.807, 2.05) is 14.1 Å². The number of hydrogen-bond acceptors (Lipinski definition) is 5. The molecule has 0 aliphatic rings. The number of nitro benzene ring substituents is 1. The van der Waals surface area contributed by atoms with Crippen LogP contribution in [0.15, 0.2) is 18.2 Å². The number of nitrogens with zero attached hydrogens (tertiary/aromatic N) is 3. The van der Waals surface area contributed by atoms with Crippen LogP contribution in [0.2, 0.25) is 0 Å². The van der Waals surface area contributed by atoms with Gasteiger partial charge in [0.25, 0.3) is 5.69 Å². The third kappa shape index (κ3) is 3.82. The smallest absolute Gasteiger partial charge is 0.292 e. The second kappa shape index (κ2) is 6.38. The number of anilines is 2. The molecular formula is C13H22N4O2. The lowest BCUT2D eigenvalue weighted by atomic mass is 10.2. The SMILES string of the molecule is CCN(c1ccc([N+](=O)[O-])c(N)c1)C(C)CN(C)C. The van der Waals surface area contributed by atoms with Gasteiger partial charge in [0.1, 0.15) is 5.69 Å². The van der Waals surface area contributed by atoms with E-state index in [1.165, 1.54) is 6.07 Å². The summed E-state index contributed by atoms with van der Waals surface area (Å²) in [6, 6.07) is 5.20. The van der Waals surface area contributed by atoms with E-state index in [2.05, 4.69) is 23.6 Å². The van der Waals surface area contributed by atoms with Crippen molar-refractivity contribution in [3.05, 3.63) is 28.3 Å². The fraction of sp³-hybridized carbons (Fsp3) is 0.538. The second-order valence-electron chi connectivity index (χ2n) is 4.90. The molecule has 0 amide bonds. The summed E-state index contributed by atoms with van der Waals surface area (Å²) in [7, 11) is 4.04. The molecule has 1 rings (SSSR count). The monoisotopic (exact) mass is 266 g/mol. The summed E-state index contributed by atoms with van der Waals surface area (Å²) in [6.07, 6.45) is 0. The van der Waals surface area contributed by atoms with E-state index in [1.54, 1.807) is 12.1 Å². The number of benzene rings is 1. The predicted octanol–water partition coefficient (Wildman–Crippen LogP) is 1.95. The van der Waals surface area contributed by atoms with E-state index in [0.29, 0.717) is 6.04 Å². The van der Waals surface area contributed by atoms with Crippen molar-refractivity contribution in [2.24, 2.45) is 0 Å². The molecule has 6 nitrogen and oxygen atoms in total. The molecule has 19 heavy (non-hydrogen) atoms. The highest BCUT2D eigenvalue weighted by molar-refractivity contribution is 5.66. The lowest BCUT2D eigenvalue weighted by Gasteiger charge is -2.32.